The summed E-state index contributed by atoms with van der Waals surface area (Å²) in [5.41, 5.74) is 6.96. The van der Waals surface area contributed by atoms with Crippen molar-refractivity contribution in [3.8, 4) is 0 Å². The molecule has 1 aromatic rings. The monoisotopic (exact) mass is 282 g/mol. The minimum absolute atomic E-state index is 0.00154. The second-order valence-electron chi connectivity index (χ2n) is 3.93. The molecule has 1 rings (SSSR count). The van der Waals surface area contributed by atoms with E-state index in [1.54, 1.807) is 24.3 Å². The summed E-state index contributed by atoms with van der Waals surface area (Å²) in [6.07, 6.45) is 0.999. The van der Waals surface area contributed by atoms with Crippen LogP contribution in [0.15, 0.2) is 24.3 Å². The third kappa shape index (κ3) is 6.28. The summed E-state index contributed by atoms with van der Waals surface area (Å²) in [6, 6.07) is 7.05. The van der Waals surface area contributed by atoms with Crippen molar-refractivity contribution in [3.63, 3.8) is 0 Å². The Morgan fingerprint density at radius 3 is 2.58 bits per heavy atom. The molecule has 0 radical (unpaired) electrons. The van der Waals surface area contributed by atoms with Crippen LogP contribution in [0.4, 0.5) is 5.69 Å². The number of ether oxygens (including phenoxy) is 1. The molecule has 1 aromatic carbocycles. The van der Waals surface area contributed by atoms with Crippen molar-refractivity contribution in [3.05, 3.63) is 29.8 Å². The molecule has 0 bridgehead atoms. The van der Waals surface area contributed by atoms with Crippen LogP contribution in [0.25, 0.3) is 0 Å². The SMILES string of the molecule is NC(=S)c1ccc(NC(=O)CCCOCCO)cc1. The average Bonchev–Trinajstić information content (AvgIpc) is 2.39. The maximum absolute atomic E-state index is 11.6. The average molecular weight is 282 g/mol. The Morgan fingerprint density at radius 1 is 1.32 bits per heavy atom. The number of aliphatic hydroxyl groups excluding tert-OH is 1. The van der Waals surface area contributed by atoms with E-state index in [9.17, 15) is 4.79 Å². The van der Waals surface area contributed by atoms with Gasteiger partial charge in [0, 0.05) is 24.3 Å². The third-order valence-corrected chi connectivity index (χ3v) is 2.62. The zero-order chi connectivity index (χ0) is 14.1. The van der Waals surface area contributed by atoms with Crippen LogP contribution in [0, 0.1) is 0 Å². The molecule has 0 aliphatic carbocycles. The lowest BCUT2D eigenvalue weighted by Gasteiger charge is -2.06. The summed E-state index contributed by atoms with van der Waals surface area (Å²) in [7, 11) is 0. The molecule has 0 saturated carbocycles. The van der Waals surface area contributed by atoms with Crippen molar-refractivity contribution in [2.45, 2.75) is 12.8 Å². The first-order chi connectivity index (χ1) is 9.13. The van der Waals surface area contributed by atoms with E-state index in [4.69, 9.17) is 27.8 Å². The highest BCUT2D eigenvalue weighted by Crippen LogP contribution is 2.10. The summed E-state index contributed by atoms with van der Waals surface area (Å²) >= 11 is 4.84. The first-order valence-corrected chi connectivity index (χ1v) is 6.42. The molecule has 0 aliphatic rings. The zero-order valence-electron chi connectivity index (χ0n) is 10.6. The van der Waals surface area contributed by atoms with Gasteiger partial charge in [-0.15, -0.1) is 0 Å². The number of carbonyl (C=O) groups is 1. The van der Waals surface area contributed by atoms with Crippen molar-refractivity contribution >= 4 is 28.8 Å². The molecule has 104 valence electrons. The standard InChI is InChI=1S/C13H18N2O3S/c14-13(19)10-3-5-11(6-4-10)15-12(17)2-1-8-18-9-7-16/h3-6,16H,1-2,7-9H2,(H2,14,19)(H,15,17). The van der Waals surface area contributed by atoms with Crippen molar-refractivity contribution in [2.24, 2.45) is 5.73 Å². The summed E-state index contributed by atoms with van der Waals surface area (Å²) in [5.74, 6) is -0.0735. The Kier molecular flexibility index (Phi) is 7.02. The van der Waals surface area contributed by atoms with Crippen molar-refractivity contribution < 1.29 is 14.6 Å². The molecule has 4 N–H and O–H groups in total. The van der Waals surface area contributed by atoms with E-state index < -0.39 is 0 Å². The minimum Gasteiger partial charge on any atom is -0.394 e. The van der Waals surface area contributed by atoms with Gasteiger partial charge in [-0.05, 0) is 30.7 Å². The van der Waals surface area contributed by atoms with Gasteiger partial charge in [0.2, 0.25) is 5.91 Å². The van der Waals surface area contributed by atoms with Crippen LogP contribution < -0.4 is 11.1 Å². The molecule has 6 heteroatoms. The fraction of sp³-hybridized carbons (Fsp3) is 0.385. The molecule has 0 fully saturated rings. The van der Waals surface area contributed by atoms with Crippen molar-refractivity contribution in [1.82, 2.24) is 0 Å². The van der Waals surface area contributed by atoms with Crippen molar-refractivity contribution in [1.29, 1.82) is 0 Å². The maximum Gasteiger partial charge on any atom is 0.224 e. The molecule has 0 aromatic heterocycles. The van der Waals surface area contributed by atoms with Crippen LogP contribution in [0.3, 0.4) is 0 Å². The molecule has 0 saturated heterocycles. The van der Waals surface area contributed by atoms with Gasteiger partial charge >= 0.3 is 0 Å². The van der Waals surface area contributed by atoms with E-state index in [2.05, 4.69) is 5.32 Å². The van der Waals surface area contributed by atoms with Crippen LogP contribution in [-0.4, -0.2) is 35.8 Å². The smallest absolute Gasteiger partial charge is 0.224 e. The molecule has 5 nitrogen and oxygen atoms in total. The lowest BCUT2D eigenvalue weighted by Crippen LogP contribution is -2.13. The predicted octanol–water partition coefficient (Wildman–Crippen LogP) is 1.05. The van der Waals surface area contributed by atoms with Gasteiger partial charge in [-0.3, -0.25) is 4.79 Å². The molecule has 1 amide bonds. The lowest BCUT2D eigenvalue weighted by molar-refractivity contribution is -0.116. The quantitative estimate of drug-likeness (QED) is 0.490. The number of hydrogen-bond donors (Lipinski definition) is 3. The van der Waals surface area contributed by atoms with Crippen LogP contribution in [0.2, 0.25) is 0 Å². The number of hydrogen-bond acceptors (Lipinski definition) is 4. The van der Waals surface area contributed by atoms with Gasteiger partial charge in [0.1, 0.15) is 4.99 Å². The summed E-state index contributed by atoms with van der Waals surface area (Å²) in [5, 5.41) is 11.3. The number of thiocarbonyl (C=S) groups is 1. The molecular formula is C13H18N2O3S. The second kappa shape index (κ2) is 8.58. The van der Waals surface area contributed by atoms with Crippen LogP contribution in [0.5, 0.6) is 0 Å². The summed E-state index contributed by atoms with van der Waals surface area (Å²) in [4.78, 5) is 11.9. The number of benzene rings is 1. The van der Waals surface area contributed by atoms with E-state index in [1.165, 1.54) is 0 Å². The molecule has 19 heavy (non-hydrogen) atoms. The molecular weight excluding hydrogens is 264 g/mol. The van der Waals surface area contributed by atoms with E-state index in [-0.39, 0.29) is 12.5 Å². The minimum atomic E-state index is -0.0735. The molecule has 0 unspecified atom stereocenters. The number of carbonyl (C=O) groups excluding carboxylic acids is 1. The second-order valence-corrected chi connectivity index (χ2v) is 4.37. The fourth-order valence-corrected chi connectivity index (χ4v) is 1.58. The number of amides is 1. The highest BCUT2D eigenvalue weighted by atomic mass is 32.1. The maximum atomic E-state index is 11.6. The predicted molar refractivity (Wildman–Crippen MR) is 78.1 cm³/mol. The normalized spacial score (nSPS) is 10.2. The summed E-state index contributed by atoms with van der Waals surface area (Å²) < 4.78 is 5.07. The van der Waals surface area contributed by atoms with E-state index in [0.717, 1.165) is 5.56 Å². The van der Waals surface area contributed by atoms with Crippen molar-refractivity contribution in [2.75, 3.05) is 25.1 Å². The van der Waals surface area contributed by atoms with Gasteiger partial charge in [0.15, 0.2) is 0 Å². The number of anilines is 1. The molecule has 0 aliphatic heterocycles. The topological polar surface area (TPSA) is 84.6 Å². The zero-order valence-corrected chi connectivity index (χ0v) is 11.4. The number of nitrogens with two attached hydrogens (primary N) is 1. The van der Waals surface area contributed by atoms with Crippen LogP contribution in [-0.2, 0) is 9.53 Å². The molecule has 0 spiro atoms. The Bertz CT molecular complexity index is 420. The first kappa shape index (κ1) is 15.6. The third-order valence-electron chi connectivity index (χ3n) is 2.38. The number of nitrogens with one attached hydrogen (secondary N) is 1. The van der Waals surface area contributed by atoms with Gasteiger partial charge in [0.05, 0.1) is 13.2 Å². The molecule has 0 heterocycles. The number of rotatable bonds is 8. The Balaban J connectivity index is 2.30. The van der Waals surface area contributed by atoms with Crippen LogP contribution in [0.1, 0.15) is 18.4 Å². The Hall–Kier alpha value is -1.50. The first-order valence-electron chi connectivity index (χ1n) is 6.02. The fourth-order valence-electron chi connectivity index (χ4n) is 1.44. The highest BCUT2D eigenvalue weighted by molar-refractivity contribution is 7.80. The Morgan fingerprint density at radius 2 is 2.00 bits per heavy atom. The largest absolute Gasteiger partial charge is 0.394 e. The van der Waals surface area contributed by atoms with E-state index in [0.29, 0.717) is 36.7 Å². The highest BCUT2D eigenvalue weighted by Gasteiger charge is 2.03. The van der Waals surface area contributed by atoms with E-state index >= 15 is 0 Å². The van der Waals surface area contributed by atoms with Gasteiger partial charge in [-0.2, -0.15) is 0 Å². The van der Waals surface area contributed by atoms with Gasteiger partial charge < -0.3 is 20.9 Å². The van der Waals surface area contributed by atoms with Gasteiger partial charge in [-0.1, -0.05) is 12.2 Å². The van der Waals surface area contributed by atoms with Gasteiger partial charge in [-0.25, -0.2) is 0 Å². The Labute approximate surface area is 117 Å². The van der Waals surface area contributed by atoms with Gasteiger partial charge in [0.25, 0.3) is 0 Å². The summed E-state index contributed by atoms with van der Waals surface area (Å²) in [6.45, 7) is 0.776. The van der Waals surface area contributed by atoms with Crippen LogP contribution >= 0.6 is 12.2 Å². The van der Waals surface area contributed by atoms with E-state index in [1.807, 2.05) is 0 Å². The lowest BCUT2D eigenvalue weighted by atomic mass is 10.2. The molecule has 0 atom stereocenters. The number of aliphatic hydroxyl groups is 1.